The summed E-state index contributed by atoms with van der Waals surface area (Å²) in [5, 5.41) is 3.42. The van der Waals surface area contributed by atoms with Gasteiger partial charge in [0, 0.05) is 11.6 Å². The van der Waals surface area contributed by atoms with E-state index < -0.39 is 0 Å². The molecule has 0 radical (unpaired) electrons. The molecule has 1 fully saturated rings. The molecular formula is C16H17BrFNO2. The van der Waals surface area contributed by atoms with Crippen molar-refractivity contribution in [2.45, 2.75) is 39.0 Å². The summed E-state index contributed by atoms with van der Waals surface area (Å²) in [6.45, 7) is 3.10. The van der Waals surface area contributed by atoms with E-state index in [4.69, 9.17) is 9.15 Å². The van der Waals surface area contributed by atoms with Crippen LogP contribution >= 0.6 is 15.9 Å². The molecule has 1 N–H and O–H groups in total. The Kier molecular flexibility index (Phi) is 4.31. The van der Waals surface area contributed by atoms with Crippen LogP contribution in [0.1, 0.15) is 29.9 Å². The van der Waals surface area contributed by atoms with Crippen molar-refractivity contribution in [3.05, 3.63) is 51.6 Å². The Morgan fingerprint density at radius 1 is 1.38 bits per heavy atom. The maximum atomic E-state index is 13.2. The van der Waals surface area contributed by atoms with Crippen LogP contribution < -0.4 is 10.1 Å². The van der Waals surface area contributed by atoms with Crippen molar-refractivity contribution in [1.82, 2.24) is 5.32 Å². The zero-order chi connectivity index (χ0) is 14.8. The van der Waals surface area contributed by atoms with Crippen LogP contribution in [0.2, 0.25) is 0 Å². The second-order valence-electron chi connectivity index (χ2n) is 5.31. The number of ether oxygens (including phenoxy) is 1. The predicted octanol–water partition coefficient (Wildman–Crippen LogP) is 4.32. The number of aryl methyl sites for hydroxylation is 1. The van der Waals surface area contributed by atoms with E-state index in [2.05, 4.69) is 21.2 Å². The average molecular weight is 354 g/mol. The smallest absolute Gasteiger partial charge is 0.137 e. The first kappa shape index (κ1) is 14.6. The van der Waals surface area contributed by atoms with Crippen molar-refractivity contribution in [3.8, 4) is 5.75 Å². The van der Waals surface area contributed by atoms with Gasteiger partial charge in [0.15, 0.2) is 0 Å². The fourth-order valence-electron chi connectivity index (χ4n) is 2.08. The standard InChI is InChI=1S/C16H17BrFNO2/c1-10-11(6-14(21-10)8-19-12-2-3-12)9-20-13-4-5-16(18)15(17)7-13/h4-7,12,19H,2-3,8-9H2,1H3. The molecule has 21 heavy (non-hydrogen) atoms. The molecule has 5 heteroatoms. The summed E-state index contributed by atoms with van der Waals surface area (Å²) in [6.07, 6.45) is 2.52. The maximum absolute atomic E-state index is 13.2. The van der Waals surface area contributed by atoms with Crippen molar-refractivity contribution in [2.24, 2.45) is 0 Å². The summed E-state index contributed by atoms with van der Waals surface area (Å²) in [6, 6.07) is 7.30. The Bertz CT molecular complexity index is 637. The molecule has 1 aliphatic rings. The Morgan fingerprint density at radius 3 is 2.90 bits per heavy atom. The summed E-state index contributed by atoms with van der Waals surface area (Å²) >= 11 is 3.15. The zero-order valence-corrected chi connectivity index (χ0v) is 13.4. The molecule has 0 bridgehead atoms. The van der Waals surface area contributed by atoms with Crippen LogP contribution in [0.5, 0.6) is 5.75 Å². The SMILES string of the molecule is Cc1oc(CNC2CC2)cc1COc1ccc(F)c(Br)c1. The van der Waals surface area contributed by atoms with Crippen LogP contribution in [0.25, 0.3) is 0 Å². The number of furan rings is 1. The molecule has 112 valence electrons. The van der Waals surface area contributed by atoms with Crippen molar-refractivity contribution < 1.29 is 13.5 Å². The molecule has 0 spiro atoms. The molecule has 0 atom stereocenters. The first-order chi connectivity index (χ1) is 10.1. The Morgan fingerprint density at radius 2 is 2.19 bits per heavy atom. The first-order valence-electron chi connectivity index (χ1n) is 7.01. The molecule has 1 heterocycles. The van der Waals surface area contributed by atoms with Gasteiger partial charge in [-0.2, -0.15) is 0 Å². The van der Waals surface area contributed by atoms with Gasteiger partial charge in [-0.15, -0.1) is 0 Å². The largest absolute Gasteiger partial charge is 0.489 e. The molecule has 3 rings (SSSR count). The number of halogens is 2. The minimum atomic E-state index is -0.296. The van der Waals surface area contributed by atoms with Crippen LogP contribution in [-0.2, 0) is 13.2 Å². The van der Waals surface area contributed by atoms with Crippen LogP contribution in [0, 0.1) is 12.7 Å². The first-order valence-corrected chi connectivity index (χ1v) is 7.80. The van der Waals surface area contributed by atoms with Crippen LogP contribution in [-0.4, -0.2) is 6.04 Å². The van der Waals surface area contributed by atoms with E-state index in [-0.39, 0.29) is 5.82 Å². The monoisotopic (exact) mass is 353 g/mol. The fourth-order valence-corrected chi connectivity index (χ4v) is 2.44. The zero-order valence-electron chi connectivity index (χ0n) is 11.8. The van der Waals surface area contributed by atoms with Gasteiger partial charge in [0.1, 0.15) is 29.7 Å². The second kappa shape index (κ2) is 6.20. The minimum Gasteiger partial charge on any atom is -0.489 e. The van der Waals surface area contributed by atoms with E-state index in [0.717, 1.165) is 23.6 Å². The molecule has 1 aliphatic carbocycles. The van der Waals surface area contributed by atoms with Gasteiger partial charge in [0.2, 0.25) is 0 Å². The molecule has 0 amide bonds. The molecule has 1 aromatic carbocycles. The third kappa shape index (κ3) is 3.86. The number of hydrogen-bond donors (Lipinski definition) is 1. The molecule has 1 aromatic heterocycles. The highest BCUT2D eigenvalue weighted by atomic mass is 79.9. The van der Waals surface area contributed by atoms with E-state index in [1.807, 2.05) is 13.0 Å². The van der Waals surface area contributed by atoms with Crippen molar-refractivity contribution in [1.29, 1.82) is 0 Å². The summed E-state index contributed by atoms with van der Waals surface area (Å²) in [4.78, 5) is 0. The lowest BCUT2D eigenvalue weighted by Gasteiger charge is -2.05. The van der Waals surface area contributed by atoms with Gasteiger partial charge in [-0.05, 0) is 60.0 Å². The summed E-state index contributed by atoms with van der Waals surface area (Å²) in [5.74, 6) is 2.12. The molecular weight excluding hydrogens is 337 g/mol. The number of rotatable bonds is 6. The lowest BCUT2D eigenvalue weighted by Crippen LogP contribution is -2.14. The highest BCUT2D eigenvalue weighted by molar-refractivity contribution is 9.10. The van der Waals surface area contributed by atoms with Crippen LogP contribution in [0.15, 0.2) is 33.2 Å². The summed E-state index contributed by atoms with van der Waals surface area (Å²) < 4.78 is 25.0. The Balaban J connectivity index is 1.59. The van der Waals surface area contributed by atoms with Gasteiger partial charge in [-0.1, -0.05) is 0 Å². The lowest BCUT2D eigenvalue weighted by molar-refractivity contribution is 0.302. The average Bonchev–Trinajstić information content (AvgIpc) is 3.22. The van der Waals surface area contributed by atoms with Crippen LogP contribution in [0.3, 0.4) is 0 Å². The van der Waals surface area contributed by atoms with E-state index in [9.17, 15) is 4.39 Å². The number of nitrogens with one attached hydrogen (secondary N) is 1. The van der Waals surface area contributed by atoms with Gasteiger partial charge in [0.05, 0.1) is 11.0 Å². The second-order valence-corrected chi connectivity index (χ2v) is 6.17. The summed E-state index contributed by atoms with van der Waals surface area (Å²) in [5.41, 5.74) is 1.02. The van der Waals surface area contributed by atoms with E-state index >= 15 is 0 Å². The van der Waals surface area contributed by atoms with Gasteiger partial charge >= 0.3 is 0 Å². The quantitative estimate of drug-likeness (QED) is 0.839. The van der Waals surface area contributed by atoms with Gasteiger partial charge < -0.3 is 14.5 Å². The lowest BCUT2D eigenvalue weighted by atomic mass is 10.2. The van der Waals surface area contributed by atoms with Crippen molar-refractivity contribution >= 4 is 15.9 Å². The fraction of sp³-hybridized carbons (Fsp3) is 0.375. The highest BCUT2D eigenvalue weighted by Gasteiger charge is 2.20. The van der Waals surface area contributed by atoms with Crippen molar-refractivity contribution in [3.63, 3.8) is 0 Å². The molecule has 3 nitrogen and oxygen atoms in total. The predicted molar refractivity (Wildman–Crippen MR) is 81.7 cm³/mol. The normalized spacial score (nSPS) is 14.4. The van der Waals surface area contributed by atoms with Crippen LogP contribution in [0.4, 0.5) is 4.39 Å². The molecule has 1 saturated carbocycles. The van der Waals surface area contributed by atoms with E-state index in [1.165, 1.54) is 18.9 Å². The third-order valence-electron chi connectivity index (χ3n) is 3.50. The summed E-state index contributed by atoms with van der Waals surface area (Å²) in [7, 11) is 0. The highest BCUT2D eigenvalue weighted by Crippen LogP contribution is 2.24. The molecule has 0 unspecified atom stereocenters. The Labute approximate surface area is 131 Å². The van der Waals surface area contributed by atoms with Crippen molar-refractivity contribution in [2.75, 3.05) is 0 Å². The molecule has 0 aliphatic heterocycles. The number of benzene rings is 1. The van der Waals surface area contributed by atoms with E-state index in [1.54, 1.807) is 12.1 Å². The molecule has 0 saturated heterocycles. The maximum Gasteiger partial charge on any atom is 0.137 e. The molecule has 2 aromatic rings. The van der Waals surface area contributed by atoms with E-state index in [0.29, 0.717) is 22.9 Å². The van der Waals surface area contributed by atoms with Gasteiger partial charge in [-0.3, -0.25) is 0 Å². The van der Waals surface area contributed by atoms with Gasteiger partial charge in [-0.25, -0.2) is 4.39 Å². The number of hydrogen-bond acceptors (Lipinski definition) is 3. The Hall–Kier alpha value is -1.33. The van der Waals surface area contributed by atoms with Gasteiger partial charge in [0.25, 0.3) is 0 Å². The third-order valence-corrected chi connectivity index (χ3v) is 4.11. The minimum absolute atomic E-state index is 0.296. The topological polar surface area (TPSA) is 34.4 Å².